The van der Waals surface area contributed by atoms with E-state index in [-0.39, 0.29) is 15.8 Å². The highest BCUT2D eigenvalue weighted by Crippen LogP contribution is 2.23. The van der Waals surface area contributed by atoms with Crippen LogP contribution in [0.2, 0.25) is 0 Å². The van der Waals surface area contributed by atoms with Crippen LogP contribution in [-0.4, -0.2) is 25.5 Å². The highest BCUT2D eigenvalue weighted by atomic mass is 32.2. The number of aryl methyl sites for hydroxylation is 1. The Morgan fingerprint density at radius 3 is 2.67 bits per heavy atom. The fourth-order valence-electron chi connectivity index (χ4n) is 1.93. The molecule has 0 saturated carbocycles. The van der Waals surface area contributed by atoms with E-state index < -0.39 is 16.0 Å². The molecule has 2 N–H and O–H groups in total. The maximum absolute atomic E-state index is 12.3. The molecule has 0 fully saturated rings. The first-order chi connectivity index (χ1) is 9.79. The molecule has 0 bridgehead atoms. The van der Waals surface area contributed by atoms with Crippen molar-refractivity contribution in [3.8, 4) is 0 Å². The largest absolute Gasteiger partial charge is 0.477 e. The number of thiophene rings is 2. The van der Waals surface area contributed by atoms with Crippen molar-refractivity contribution in [2.24, 2.45) is 0 Å². The van der Waals surface area contributed by atoms with E-state index in [0.29, 0.717) is 6.42 Å². The molecular weight excluding hydrogens is 330 g/mol. The number of aromatic carboxylic acids is 1. The number of sulfonamides is 1. The van der Waals surface area contributed by atoms with Crippen LogP contribution >= 0.6 is 22.7 Å². The van der Waals surface area contributed by atoms with Crippen molar-refractivity contribution in [1.82, 2.24) is 4.72 Å². The number of carboxylic acids is 1. The molecule has 2 aromatic heterocycles. The fourth-order valence-corrected chi connectivity index (χ4v) is 5.45. The summed E-state index contributed by atoms with van der Waals surface area (Å²) < 4.78 is 27.1. The second-order valence-corrected chi connectivity index (χ2v) is 8.63. The van der Waals surface area contributed by atoms with Gasteiger partial charge in [-0.25, -0.2) is 17.9 Å². The Labute approximate surface area is 131 Å². The molecular formula is C13H15NO4S3. The molecule has 0 aliphatic heterocycles. The Morgan fingerprint density at radius 2 is 2.10 bits per heavy atom. The van der Waals surface area contributed by atoms with Gasteiger partial charge in [0.15, 0.2) is 0 Å². The molecule has 2 aromatic rings. The molecule has 0 aliphatic rings. The summed E-state index contributed by atoms with van der Waals surface area (Å²) in [4.78, 5) is 13.0. The zero-order valence-corrected chi connectivity index (χ0v) is 13.9. The maximum Gasteiger partial charge on any atom is 0.347 e. The smallest absolute Gasteiger partial charge is 0.347 e. The molecule has 0 aromatic carbocycles. The minimum Gasteiger partial charge on any atom is -0.477 e. The Balaban J connectivity index is 2.13. The topological polar surface area (TPSA) is 83.5 Å². The van der Waals surface area contributed by atoms with Crippen LogP contribution in [0.1, 0.15) is 26.3 Å². The zero-order valence-electron chi connectivity index (χ0n) is 11.5. The molecule has 8 heteroatoms. The lowest BCUT2D eigenvalue weighted by Crippen LogP contribution is -2.34. The average molecular weight is 345 g/mol. The minimum absolute atomic E-state index is 0.165. The highest BCUT2D eigenvalue weighted by Gasteiger charge is 2.25. The number of hydrogen-bond donors (Lipinski definition) is 2. The van der Waals surface area contributed by atoms with E-state index in [2.05, 4.69) is 4.72 Å². The SMILES string of the molecule is Cc1ccc(CC(C)NS(=O)(=O)c2ccsc2C(=O)O)s1. The van der Waals surface area contributed by atoms with Gasteiger partial charge in [0.25, 0.3) is 0 Å². The van der Waals surface area contributed by atoms with Crippen LogP contribution in [0.3, 0.4) is 0 Å². The first-order valence-corrected chi connectivity index (χ1v) is 9.36. The third-order valence-electron chi connectivity index (χ3n) is 2.77. The van der Waals surface area contributed by atoms with Crippen molar-refractivity contribution in [3.05, 3.63) is 38.2 Å². The van der Waals surface area contributed by atoms with Crippen LogP contribution in [-0.2, 0) is 16.4 Å². The van der Waals surface area contributed by atoms with Crippen molar-refractivity contribution in [3.63, 3.8) is 0 Å². The van der Waals surface area contributed by atoms with Crippen LogP contribution in [0.5, 0.6) is 0 Å². The predicted octanol–water partition coefficient (Wildman–Crippen LogP) is 2.73. The van der Waals surface area contributed by atoms with Crippen LogP contribution < -0.4 is 4.72 Å². The van der Waals surface area contributed by atoms with Gasteiger partial charge in [-0.05, 0) is 43.8 Å². The van der Waals surface area contributed by atoms with Gasteiger partial charge in [0, 0.05) is 15.8 Å². The van der Waals surface area contributed by atoms with Gasteiger partial charge in [-0.3, -0.25) is 0 Å². The normalized spacial score (nSPS) is 13.2. The third kappa shape index (κ3) is 3.91. The number of nitrogens with one attached hydrogen (secondary N) is 1. The Bertz CT molecular complexity index is 745. The maximum atomic E-state index is 12.3. The number of hydrogen-bond acceptors (Lipinski definition) is 5. The third-order valence-corrected chi connectivity index (χ3v) is 6.46. The van der Waals surface area contributed by atoms with Gasteiger partial charge in [0.1, 0.15) is 9.77 Å². The summed E-state index contributed by atoms with van der Waals surface area (Å²) in [7, 11) is -3.82. The summed E-state index contributed by atoms with van der Waals surface area (Å²) in [6, 6.07) is 4.97. The molecule has 0 radical (unpaired) electrons. The standard InChI is InChI=1S/C13H15NO4S3/c1-8(7-10-4-3-9(2)20-10)14-21(17,18)11-5-6-19-12(11)13(15)16/h3-6,8,14H,7H2,1-2H3,(H,15,16). The van der Waals surface area contributed by atoms with Gasteiger partial charge in [-0.1, -0.05) is 0 Å². The van der Waals surface area contributed by atoms with Gasteiger partial charge in [-0.15, -0.1) is 22.7 Å². The lowest BCUT2D eigenvalue weighted by molar-refractivity contribution is 0.0698. The van der Waals surface area contributed by atoms with Crippen molar-refractivity contribution < 1.29 is 18.3 Å². The molecule has 0 aliphatic carbocycles. The van der Waals surface area contributed by atoms with Gasteiger partial charge in [0.05, 0.1) is 0 Å². The minimum atomic E-state index is -3.82. The Morgan fingerprint density at radius 1 is 1.38 bits per heavy atom. The van der Waals surface area contributed by atoms with Crippen LogP contribution in [0.4, 0.5) is 0 Å². The molecule has 0 spiro atoms. The summed E-state index contributed by atoms with van der Waals surface area (Å²) in [5.41, 5.74) is 0. The van der Waals surface area contributed by atoms with Crippen molar-refractivity contribution in [1.29, 1.82) is 0 Å². The predicted molar refractivity (Wildman–Crippen MR) is 83.8 cm³/mol. The lowest BCUT2D eigenvalue weighted by atomic mass is 10.2. The molecule has 114 valence electrons. The van der Waals surface area contributed by atoms with Gasteiger partial charge in [-0.2, -0.15) is 0 Å². The van der Waals surface area contributed by atoms with Crippen molar-refractivity contribution in [2.75, 3.05) is 0 Å². The molecule has 1 atom stereocenters. The van der Waals surface area contributed by atoms with E-state index in [1.807, 2.05) is 19.1 Å². The summed E-state index contributed by atoms with van der Waals surface area (Å²) in [5, 5.41) is 10.5. The summed E-state index contributed by atoms with van der Waals surface area (Å²) in [5.74, 6) is -1.23. The lowest BCUT2D eigenvalue weighted by Gasteiger charge is -2.13. The summed E-state index contributed by atoms with van der Waals surface area (Å²) in [6.07, 6.45) is 0.574. The van der Waals surface area contributed by atoms with E-state index >= 15 is 0 Å². The summed E-state index contributed by atoms with van der Waals surface area (Å²) in [6.45, 7) is 3.76. The molecule has 2 heterocycles. The quantitative estimate of drug-likeness (QED) is 0.843. The molecule has 2 rings (SSSR count). The average Bonchev–Trinajstić information content (AvgIpc) is 2.97. The van der Waals surface area contributed by atoms with Crippen molar-refractivity contribution in [2.45, 2.75) is 31.2 Å². The van der Waals surface area contributed by atoms with E-state index in [1.54, 1.807) is 18.3 Å². The number of carboxylic acid groups (broad SMARTS) is 1. The van der Waals surface area contributed by atoms with Crippen LogP contribution in [0.15, 0.2) is 28.5 Å². The Hall–Kier alpha value is -1.22. The molecule has 5 nitrogen and oxygen atoms in total. The number of carbonyl (C=O) groups is 1. The first-order valence-electron chi connectivity index (χ1n) is 6.18. The van der Waals surface area contributed by atoms with Gasteiger partial charge in [0.2, 0.25) is 10.0 Å². The van der Waals surface area contributed by atoms with Crippen LogP contribution in [0.25, 0.3) is 0 Å². The molecule has 0 saturated heterocycles. The summed E-state index contributed by atoms with van der Waals surface area (Å²) >= 11 is 2.52. The van der Waals surface area contributed by atoms with E-state index in [0.717, 1.165) is 16.2 Å². The highest BCUT2D eigenvalue weighted by molar-refractivity contribution is 7.89. The van der Waals surface area contributed by atoms with Gasteiger partial charge >= 0.3 is 5.97 Å². The second kappa shape index (κ2) is 6.27. The van der Waals surface area contributed by atoms with E-state index in [4.69, 9.17) is 5.11 Å². The van der Waals surface area contributed by atoms with Crippen molar-refractivity contribution >= 4 is 38.7 Å². The molecule has 0 amide bonds. The monoisotopic (exact) mass is 345 g/mol. The zero-order chi connectivity index (χ0) is 15.6. The van der Waals surface area contributed by atoms with E-state index in [9.17, 15) is 13.2 Å². The first kappa shape index (κ1) is 16.2. The molecule has 1 unspecified atom stereocenters. The molecule has 21 heavy (non-hydrogen) atoms. The Kier molecular flexibility index (Phi) is 4.82. The fraction of sp³-hybridized carbons (Fsp3) is 0.308. The van der Waals surface area contributed by atoms with Gasteiger partial charge < -0.3 is 5.11 Å². The van der Waals surface area contributed by atoms with Crippen LogP contribution in [0, 0.1) is 6.92 Å². The van der Waals surface area contributed by atoms with E-state index in [1.165, 1.54) is 16.3 Å². The second-order valence-electron chi connectivity index (χ2n) is 4.66. The number of rotatable bonds is 6.